The fourth-order valence-corrected chi connectivity index (χ4v) is 5.75. The predicted octanol–water partition coefficient (Wildman–Crippen LogP) is 5.12. The Kier molecular flexibility index (Phi) is 7.61. The van der Waals surface area contributed by atoms with E-state index >= 15 is 0 Å². The summed E-state index contributed by atoms with van der Waals surface area (Å²) in [6.45, 7) is 4.53. The van der Waals surface area contributed by atoms with Gasteiger partial charge in [-0.1, -0.05) is 31.0 Å². The van der Waals surface area contributed by atoms with E-state index in [-0.39, 0.29) is 0 Å². The van der Waals surface area contributed by atoms with E-state index in [9.17, 15) is 0 Å². The molecule has 5 rings (SSSR count). The summed E-state index contributed by atoms with van der Waals surface area (Å²) in [7, 11) is 0. The average Bonchev–Trinajstić information content (AvgIpc) is 3.15. The van der Waals surface area contributed by atoms with Gasteiger partial charge >= 0.3 is 0 Å². The lowest BCUT2D eigenvalue weighted by atomic mass is 9.90. The van der Waals surface area contributed by atoms with E-state index in [4.69, 9.17) is 9.72 Å². The smallest absolute Gasteiger partial charge is 0.224 e. The first kappa shape index (κ1) is 22.5. The maximum Gasteiger partial charge on any atom is 0.224 e. The Morgan fingerprint density at radius 2 is 1.61 bits per heavy atom. The minimum Gasteiger partial charge on any atom is -0.490 e. The van der Waals surface area contributed by atoms with Crippen molar-refractivity contribution in [3.63, 3.8) is 0 Å². The molecule has 1 unspecified atom stereocenters. The predicted molar refractivity (Wildman–Crippen MR) is 134 cm³/mol. The van der Waals surface area contributed by atoms with Gasteiger partial charge in [-0.25, -0.2) is 4.98 Å². The Labute approximate surface area is 198 Å². The van der Waals surface area contributed by atoms with Gasteiger partial charge in [0.1, 0.15) is 11.6 Å². The van der Waals surface area contributed by atoms with Crippen LogP contribution in [0.2, 0.25) is 0 Å². The van der Waals surface area contributed by atoms with Crippen LogP contribution in [0.1, 0.15) is 64.2 Å². The molecule has 0 spiro atoms. The maximum absolute atomic E-state index is 6.21. The number of ether oxygens (including phenoxy) is 1. The van der Waals surface area contributed by atoms with Crippen LogP contribution in [0, 0.1) is 0 Å². The van der Waals surface area contributed by atoms with E-state index in [0.717, 1.165) is 50.0 Å². The normalized spacial score (nSPS) is 27.0. The third kappa shape index (κ3) is 6.17. The van der Waals surface area contributed by atoms with Crippen molar-refractivity contribution < 1.29 is 4.74 Å². The number of benzene rings is 1. The molecule has 1 saturated carbocycles. The fraction of sp³-hybridized carbons (Fsp3) is 0.630. The molecule has 1 N–H and O–H groups in total. The lowest BCUT2D eigenvalue weighted by Gasteiger charge is -2.41. The number of para-hydroxylation sites is 1. The van der Waals surface area contributed by atoms with E-state index < -0.39 is 0 Å². The maximum atomic E-state index is 6.21. The van der Waals surface area contributed by atoms with Crippen LogP contribution in [0.4, 0.5) is 11.8 Å². The van der Waals surface area contributed by atoms with Crippen LogP contribution in [0.25, 0.3) is 0 Å². The van der Waals surface area contributed by atoms with Crippen molar-refractivity contribution in [2.75, 3.05) is 36.4 Å². The summed E-state index contributed by atoms with van der Waals surface area (Å²) in [6, 6.07) is 13.4. The van der Waals surface area contributed by atoms with Gasteiger partial charge in [0.25, 0.3) is 0 Å². The van der Waals surface area contributed by atoms with Crippen LogP contribution in [0.15, 0.2) is 42.6 Å². The summed E-state index contributed by atoms with van der Waals surface area (Å²) in [5.41, 5.74) is 0. The van der Waals surface area contributed by atoms with Crippen LogP contribution in [-0.4, -0.2) is 59.2 Å². The molecule has 2 aromatic rings. The van der Waals surface area contributed by atoms with Crippen molar-refractivity contribution in [1.82, 2.24) is 14.9 Å². The molecule has 1 aliphatic carbocycles. The van der Waals surface area contributed by atoms with Crippen molar-refractivity contribution in [2.24, 2.45) is 0 Å². The molecule has 1 aromatic heterocycles. The van der Waals surface area contributed by atoms with Crippen LogP contribution < -0.4 is 15.0 Å². The molecule has 1 aromatic carbocycles. The van der Waals surface area contributed by atoms with E-state index in [1.165, 1.54) is 57.9 Å². The summed E-state index contributed by atoms with van der Waals surface area (Å²) < 4.78 is 6.21. The topological polar surface area (TPSA) is 53.5 Å². The first-order chi connectivity index (χ1) is 16.3. The molecule has 6 heteroatoms. The van der Waals surface area contributed by atoms with Gasteiger partial charge < -0.3 is 15.0 Å². The van der Waals surface area contributed by atoms with Crippen molar-refractivity contribution in [3.8, 4) is 5.75 Å². The second kappa shape index (κ2) is 11.2. The van der Waals surface area contributed by atoms with Gasteiger partial charge in [-0.15, -0.1) is 0 Å². The quantitative estimate of drug-likeness (QED) is 0.660. The molecule has 3 aliphatic rings. The monoisotopic (exact) mass is 449 g/mol. The van der Waals surface area contributed by atoms with Gasteiger partial charge in [-0.2, -0.15) is 4.98 Å². The number of rotatable bonds is 6. The average molecular weight is 450 g/mol. The number of nitrogens with zero attached hydrogens (tertiary/aromatic N) is 4. The van der Waals surface area contributed by atoms with Gasteiger partial charge in [-0.05, 0) is 76.1 Å². The van der Waals surface area contributed by atoms with Crippen molar-refractivity contribution in [1.29, 1.82) is 0 Å². The SMILES string of the molecule is c1ccc(OC2CCC(N3CCCC(Nc4nccc(N5CCCCCC5)n4)C3)CC2)cc1. The minimum atomic E-state index is 0.359. The molecule has 6 nitrogen and oxygen atoms in total. The molecule has 33 heavy (non-hydrogen) atoms. The number of piperidine rings is 1. The molecule has 2 aliphatic heterocycles. The van der Waals surface area contributed by atoms with Crippen LogP contribution in [0.3, 0.4) is 0 Å². The number of hydrogen-bond acceptors (Lipinski definition) is 6. The second-order valence-electron chi connectivity index (χ2n) is 9.98. The summed E-state index contributed by atoms with van der Waals surface area (Å²) in [4.78, 5) is 14.6. The molecule has 0 amide bonds. The fourth-order valence-electron chi connectivity index (χ4n) is 5.75. The summed E-state index contributed by atoms with van der Waals surface area (Å²) in [5.74, 6) is 2.88. The molecule has 178 valence electrons. The highest BCUT2D eigenvalue weighted by molar-refractivity contribution is 5.43. The second-order valence-corrected chi connectivity index (χ2v) is 9.98. The highest BCUT2D eigenvalue weighted by Gasteiger charge is 2.30. The lowest BCUT2D eigenvalue weighted by molar-refractivity contribution is 0.0740. The third-order valence-corrected chi connectivity index (χ3v) is 7.56. The van der Waals surface area contributed by atoms with E-state index in [1.807, 2.05) is 12.3 Å². The Balaban J connectivity index is 1.12. The largest absolute Gasteiger partial charge is 0.490 e. The Morgan fingerprint density at radius 3 is 2.39 bits per heavy atom. The van der Waals surface area contributed by atoms with Gasteiger partial charge in [-0.3, -0.25) is 4.90 Å². The third-order valence-electron chi connectivity index (χ3n) is 7.56. The number of nitrogens with one attached hydrogen (secondary N) is 1. The Morgan fingerprint density at radius 1 is 0.818 bits per heavy atom. The van der Waals surface area contributed by atoms with Crippen molar-refractivity contribution >= 4 is 11.8 Å². The number of hydrogen-bond donors (Lipinski definition) is 1. The van der Waals surface area contributed by atoms with E-state index in [1.54, 1.807) is 0 Å². The van der Waals surface area contributed by atoms with E-state index in [2.05, 4.69) is 50.4 Å². The zero-order valence-corrected chi connectivity index (χ0v) is 19.9. The van der Waals surface area contributed by atoms with Gasteiger partial charge in [0.2, 0.25) is 5.95 Å². The first-order valence-electron chi connectivity index (χ1n) is 13.1. The first-order valence-corrected chi connectivity index (χ1v) is 13.1. The Hall–Kier alpha value is -2.34. The van der Waals surface area contributed by atoms with Crippen LogP contribution in [-0.2, 0) is 0 Å². The molecule has 3 heterocycles. The molecule has 1 atom stereocenters. The molecule has 3 fully saturated rings. The van der Waals surface area contributed by atoms with Crippen LogP contribution >= 0.6 is 0 Å². The number of anilines is 2. The van der Waals surface area contributed by atoms with E-state index in [0.29, 0.717) is 18.2 Å². The highest BCUT2D eigenvalue weighted by Crippen LogP contribution is 2.29. The zero-order valence-electron chi connectivity index (χ0n) is 19.9. The van der Waals surface area contributed by atoms with Crippen LogP contribution in [0.5, 0.6) is 5.75 Å². The number of likely N-dealkylation sites (tertiary alicyclic amines) is 1. The molecule has 0 radical (unpaired) electrons. The molecule has 2 saturated heterocycles. The molecular formula is C27H39N5O. The lowest BCUT2D eigenvalue weighted by Crippen LogP contribution is -2.49. The zero-order chi connectivity index (χ0) is 22.3. The Bertz CT molecular complexity index is 847. The summed E-state index contributed by atoms with van der Waals surface area (Å²) in [6.07, 6.45) is 14.7. The van der Waals surface area contributed by atoms with Gasteiger partial charge in [0.15, 0.2) is 0 Å². The summed E-state index contributed by atoms with van der Waals surface area (Å²) >= 11 is 0. The minimum absolute atomic E-state index is 0.359. The summed E-state index contributed by atoms with van der Waals surface area (Å²) in [5, 5.41) is 3.67. The van der Waals surface area contributed by atoms with Gasteiger partial charge in [0.05, 0.1) is 6.10 Å². The van der Waals surface area contributed by atoms with Crippen molar-refractivity contribution in [2.45, 2.75) is 82.4 Å². The number of aromatic nitrogens is 2. The molecule has 0 bridgehead atoms. The van der Waals surface area contributed by atoms with Gasteiger partial charge in [0, 0.05) is 37.9 Å². The standard InChI is InChI=1S/C27H39N5O/c1-2-7-19-31(18-6-1)26-16-17-28-27(30-26)29-22-9-8-20-32(21-22)23-12-14-25(15-13-23)33-24-10-4-3-5-11-24/h3-5,10-11,16-17,22-23,25H,1-2,6-9,12-15,18-21H2,(H,28,29,30). The van der Waals surface area contributed by atoms with Crippen molar-refractivity contribution in [3.05, 3.63) is 42.6 Å². The molecular weight excluding hydrogens is 410 g/mol. The highest BCUT2D eigenvalue weighted by atomic mass is 16.5.